The van der Waals surface area contributed by atoms with Crippen molar-refractivity contribution in [2.75, 3.05) is 13.6 Å². The number of fused-ring (bicyclic) bond motifs is 1. The zero-order valence-electron chi connectivity index (χ0n) is 21.0. The van der Waals surface area contributed by atoms with Crippen molar-refractivity contribution in [1.29, 1.82) is 0 Å². The maximum atomic E-state index is 13.5. The van der Waals surface area contributed by atoms with E-state index in [4.69, 9.17) is 0 Å². The number of imidazole rings is 1. The van der Waals surface area contributed by atoms with Gasteiger partial charge in [-0.05, 0) is 60.2 Å². The third-order valence-corrected chi connectivity index (χ3v) is 6.97. The Hall–Kier alpha value is -3.75. The Morgan fingerprint density at radius 1 is 1.08 bits per heavy atom. The first-order valence-corrected chi connectivity index (χ1v) is 12.8. The summed E-state index contributed by atoms with van der Waals surface area (Å²) in [6.07, 6.45) is 4.59. The normalized spacial score (nSPS) is 17.2. The van der Waals surface area contributed by atoms with E-state index < -0.39 is 0 Å². The van der Waals surface area contributed by atoms with E-state index in [2.05, 4.69) is 56.1 Å². The van der Waals surface area contributed by atoms with Crippen LogP contribution in [0, 0.1) is 5.82 Å². The first kappa shape index (κ1) is 24.9. The maximum Gasteiger partial charge on any atom is 0.317 e. The Balaban J connectivity index is 1.02. The zero-order valence-corrected chi connectivity index (χ0v) is 21.0. The van der Waals surface area contributed by atoms with Crippen LogP contribution in [0.1, 0.15) is 42.0 Å². The third kappa shape index (κ3) is 6.34. The summed E-state index contributed by atoms with van der Waals surface area (Å²) >= 11 is 0. The van der Waals surface area contributed by atoms with Crippen molar-refractivity contribution < 1.29 is 9.18 Å². The molecule has 3 N–H and O–H groups in total. The molecule has 1 aliphatic heterocycles. The van der Waals surface area contributed by atoms with Crippen LogP contribution in [0.3, 0.4) is 0 Å². The second kappa shape index (κ2) is 11.5. The van der Waals surface area contributed by atoms with Gasteiger partial charge in [0, 0.05) is 38.8 Å². The molecule has 0 spiro atoms. The number of carbonyl (C=O) groups is 1. The first-order chi connectivity index (χ1) is 18.0. The van der Waals surface area contributed by atoms with Crippen LogP contribution in [0.15, 0.2) is 79.1 Å². The predicted molar refractivity (Wildman–Crippen MR) is 143 cm³/mol. The van der Waals surface area contributed by atoms with Crippen LogP contribution in [0.5, 0.6) is 0 Å². The number of para-hydroxylation sites is 2. The average Bonchev–Trinajstić information content (AvgIpc) is 3.56. The molecular weight excluding hydrogens is 467 g/mol. The van der Waals surface area contributed by atoms with Gasteiger partial charge in [-0.25, -0.2) is 14.2 Å². The lowest BCUT2D eigenvalue weighted by Gasteiger charge is -2.19. The third-order valence-electron chi connectivity index (χ3n) is 6.97. The number of aromatic nitrogens is 2. The second-order valence-corrected chi connectivity index (χ2v) is 9.73. The van der Waals surface area contributed by atoms with E-state index in [0.29, 0.717) is 19.1 Å². The summed E-state index contributed by atoms with van der Waals surface area (Å²) in [5.74, 6) is -0.213. The number of hydrogen-bond acceptors (Lipinski definition) is 4. The van der Waals surface area contributed by atoms with E-state index in [9.17, 15) is 9.18 Å². The van der Waals surface area contributed by atoms with Gasteiger partial charge in [-0.15, -0.1) is 0 Å². The van der Waals surface area contributed by atoms with Gasteiger partial charge in [0.2, 0.25) is 0 Å². The van der Waals surface area contributed by atoms with Crippen LogP contribution in [-0.4, -0.2) is 40.1 Å². The molecule has 37 heavy (non-hydrogen) atoms. The van der Waals surface area contributed by atoms with Crippen LogP contribution in [0.2, 0.25) is 0 Å². The van der Waals surface area contributed by atoms with Crippen molar-refractivity contribution in [3.63, 3.8) is 0 Å². The number of hydrazine groups is 1. The quantitative estimate of drug-likeness (QED) is 0.310. The Kier molecular flexibility index (Phi) is 7.77. The molecule has 2 atom stereocenters. The Bertz CT molecular complexity index is 1340. The standard InChI is InChI=1S/C29H33FN6O/c1-35(15-5-8-25-17-27(34-33-25)23-6-4-7-24(30)16-23)29(37)31-18-21-11-13-22(14-12-21)19-36-20-32-26-9-2-3-10-28(26)36/h2-4,6-7,9-14,16,20,25,27,33-34H,5,8,15,17-19H2,1H3,(H,31,37). The number of halogens is 1. The first-order valence-electron chi connectivity index (χ1n) is 12.8. The molecule has 5 rings (SSSR count). The van der Waals surface area contributed by atoms with E-state index in [1.807, 2.05) is 37.6 Å². The fraction of sp³-hybridized carbons (Fsp3) is 0.310. The second-order valence-electron chi connectivity index (χ2n) is 9.73. The van der Waals surface area contributed by atoms with Crippen molar-refractivity contribution in [3.05, 3.63) is 102 Å². The van der Waals surface area contributed by atoms with Crippen molar-refractivity contribution >= 4 is 17.1 Å². The van der Waals surface area contributed by atoms with Crippen molar-refractivity contribution in [2.24, 2.45) is 0 Å². The minimum Gasteiger partial charge on any atom is -0.334 e. The summed E-state index contributed by atoms with van der Waals surface area (Å²) in [6, 6.07) is 23.5. The van der Waals surface area contributed by atoms with E-state index in [1.165, 1.54) is 11.6 Å². The zero-order chi connectivity index (χ0) is 25.6. The molecule has 8 heteroatoms. The largest absolute Gasteiger partial charge is 0.334 e. The maximum absolute atomic E-state index is 13.5. The number of carbonyl (C=O) groups excluding carboxylic acids is 1. The van der Waals surface area contributed by atoms with Gasteiger partial charge in [0.1, 0.15) is 5.82 Å². The average molecular weight is 501 g/mol. The monoisotopic (exact) mass is 500 g/mol. The Morgan fingerprint density at radius 2 is 1.89 bits per heavy atom. The van der Waals surface area contributed by atoms with Gasteiger partial charge in [0.05, 0.1) is 17.4 Å². The molecule has 0 aliphatic carbocycles. The molecule has 0 saturated carbocycles. The van der Waals surface area contributed by atoms with Gasteiger partial charge in [-0.1, -0.05) is 48.5 Å². The van der Waals surface area contributed by atoms with Crippen LogP contribution >= 0.6 is 0 Å². The van der Waals surface area contributed by atoms with E-state index >= 15 is 0 Å². The number of nitrogens with zero attached hydrogens (tertiary/aromatic N) is 3. The summed E-state index contributed by atoms with van der Waals surface area (Å²) in [5.41, 5.74) is 11.9. The molecule has 2 heterocycles. The lowest BCUT2D eigenvalue weighted by molar-refractivity contribution is 0.207. The minimum atomic E-state index is -0.213. The fourth-order valence-electron chi connectivity index (χ4n) is 4.84. The molecule has 1 aromatic heterocycles. The molecule has 4 aromatic rings. The molecule has 3 aromatic carbocycles. The molecule has 2 unspecified atom stereocenters. The highest BCUT2D eigenvalue weighted by Gasteiger charge is 2.25. The van der Waals surface area contributed by atoms with Gasteiger partial charge in [0.15, 0.2) is 0 Å². The molecule has 7 nitrogen and oxygen atoms in total. The minimum absolute atomic E-state index is 0.0795. The number of urea groups is 1. The van der Waals surface area contributed by atoms with Gasteiger partial charge in [0.25, 0.3) is 0 Å². The smallest absolute Gasteiger partial charge is 0.317 e. The topological polar surface area (TPSA) is 74.2 Å². The lowest BCUT2D eigenvalue weighted by atomic mass is 9.99. The number of nitrogens with one attached hydrogen (secondary N) is 3. The molecular formula is C29H33FN6O. The number of rotatable bonds is 9. The summed E-state index contributed by atoms with van der Waals surface area (Å²) < 4.78 is 15.6. The van der Waals surface area contributed by atoms with E-state index in [1.54, 1.807) is 17.0 Å². The number of benzene rings is 3. The fourth-order valence-corrected chi connectivity index (χ4v) is 4.84. The van der Waals surface area contributed by atoms with Crippen molar-refractivity contribution in [2.45, 2.75) is 44.4 Å². The molecule has 1 aliphatic rings. The van der Waals surface area contributed by atoms with Gasteiger partial charge < -0.3 is 14.8 Å². The van der Waals surface area contributed by atoms with Crippen LogP contribution in [0.4, 0.5) is 9.18 Å². The highest BCUT2D eigenvalue weighted by atomic mass is 19.1. The molecule has 2 amide bonds. The SMILES string of the molecule is CN(CCCC1CC(c2cccc(F)c2)NN1)C(=O)NCc1ccc(Cn2cnc3ccccc32)cc1. The molecule has 0 radical (unpaired) electrons. The van der Waals surface area contributed by atoms with Crippen molar-refractivity contribution in [3.8, 4) is 0 Å². The highest BCUT2D eigenvalue weighted by molar-refractivity contribution is 5.75. The van der Waals surface area contributed by atoms with Crippen LogP contribution in [-0.2, 0) is 13.1 Å². The van der Waals surface area contributed by atoms with Gasteiger partial charge in [-0.3, -0.25) is 10.9 Å². The summed E-state index contributed by atoms with van der Waals surface area (Å²) in [6.45, 7) is 1.91. The molecule has 1 saturated heterocycles. The van der Waals surface area contributed by atoms with Crippen LogP contribution < -0.4 is 16.2 Å². The molecule has 1 fully saturated rings. The van der Waals surface area contributed by atoms with E-state index in [-0.39, 0.29) is 17.9 Å². The van der Waals surface area contributed by atoms with Crippen LogP contribution in [0.25, 0.3) is 11.0 Å². The molecule has 0 bridgehead atoms. The summed E-state index contributed by atoms with van der Waals surface area (Å²) in [5, 5.41) is 3.01. The van der Waals surface area contributed by atoms with Crippen molar-refractivity contribution in [1.82, 2.24) is 30.6 Å². The predicted octanol–water partition coefficient (Wildman–Crippen LogP) is 4.75. The number of amides is 2. The highest BCUT2D eigenvalue weighted by Crippen LogP contribution is 2.24. The van der Waals surface area contributed by atoms with E-state index in [0.717, 1.165) is 48.0 Å². The van der Waals surface area contributed by atoms with Gasteiger partial charge in [-0.2, -0.15) is 0 Å². The summed E-state index contributed by atoms with van der Waals surface area (Å²) in [7, 11) is 1.82. The molecule has 192 valence electrons. The summed E-state index contributed by atoms with van der Waals surface area (Å²) in [4.78, 5) is 18.7. The number of hydrogen-bond donors (Lipinski definition) is 3. The Morgan fingerprint density at radius 3 is 2.73 bits per heavy atom. The van der Waals surface area contributed by atoms with Gasteiger partial charge >= 0.3 is 6.03 Å². The Labute approximate surface area is 216 Å². The lowest BCUT2D eigenvalue weighted by Crippen LogP contribution is -2.38.